The van der Waals surface area contributed by atoms with Gasteiger partial charge in [0.2, 0.25) is 0 Å². The molecule has 0 spiro atoms. The van der Waals surface area contributed by atoms with E-state index in [2.05, 4.69) is 18.1 Å². The lowest BCUT2D eigenvalue weighted by atomic mass is 10.4. The van der Waals surface area contributed by atoms with Crippen LogP contribution in [0.15, 0.2) is 6.07 Å². The maximum atomic E-state index is 9.17. The van der Waals surface area contributed by atoms with Gasteiger partial charge in [-0.2, -0.15) is 16.9 Å². The molecule has 0 saturated carbocycles. The molecule has 2 N–H and O–H groups in total. The SMILES string of the molecule is CCn1nc(C)cc1CSCC(O)CO. The average Bonchev–Trinajstić information content (AvgIpc) is 2.58. The van der Waals surface area contributed by atoms with Crippen molar-refractivity contribution >= 4 is 11.8 Å². The Balaban J connectivity index is 2.42. The molecule has 1 unspecified atom stereocenters. The standard InChI is InChI=1S/C10H18N2O2S/c1-3-12-9(4-8(2)11-12)6-15-7-10(14)5-13/h4,10,13-14H,3,5-7H2,1-2H3. The van der Waals surface area contributed by atoms with E-state index in [1.54, 1.807) is 11.8 Å². The topological polar surface area (TPSA) is 58.3 Å². The van der Waals surface area contributed by atoms with Crippen LogP contribution >= 0.6 is 11.8 Å². The summed E-state index contributed by atoms with van der Waals surface area (Å²) in [5.74, 6) is 1.39. The van der Waals surface area contributed by atoms with Gasteiger partial charge in [-0.1, -0.05) is 0 Å². The summed E-state index contributed by atoms with van der Waals surface area (Å²) >= 11 is 1.61. The first kappa shape index (κ1) is 12.5. The van der Waals surface area contributed by atoms with Gasteiger partial charge >= 0.3 is 0 Å². The zero-order chi connectivity index (χ0) is 11.3. The summed E-state index contributed by atoms with van der Waals surface area (Å²) in [7, 11) is 0. The maximum Gasteiger partial charge on any atom is 0.0861 e. The molecule has 0 saturated heterocycles. The van der Waals surface area contributed by atoms with Gasteiger partial charge in [-0.05, 0) is 19.9 Å². The van der Waals surface area contributed by atoms with Gasteiger partial charge in [0, 0.05) is 23.7 Å². The van der Waals surface area contributed by atoms with Crippen LogP contribution in [-0.2, 0) is 12.3 Å². The predicted molar refractivity (Wildman–Crippen MR) is 61.9 cm³/mol. The van der Waals surface area contributed by atoms with Crippen LogP contribution in [0.5, 0.6) is 0 Å². The van der Waals surface area contributed by atoms with Crippen molar-refractivity contribution in [1.29, 1.82) is 0 Å². The van der Waals surface area contributed by atoms with Gasteiger partial charge in [0.05, 0.1) is 18.4 Å². The van der Waals surface area contributed by atoms with Gasteiger partial charge in [-0.25, -0.2) is 0 Å². The molecule has 0 aliphatic carbocycles. The second-order valence-electron chi connectivity index (χ2n) is 3.44. The van der Waals surface area contributed by atoms with Crippen LogP contribution in [-0.4, -0.2) is 38.5 Å². The first-order valence-corrected chi connectivity index (χ1v) is 6.22. The van der Waals surface area contributed by atoms with Crippen molar-refractivity contribution in [3.05, 3.63) is 17.5 Å². The lowest BCUT2D eigenvalue weighted by molar-refractivity contribution is 0.113. The summed E-state index contributed by atoms with van der Waals surface area (Å²) in [5, 5.41) is 22.2. The fraction of sp³-hybridized carbons (Fsp3) is 0.700. The maximum absolute atomic E-state index is 9.17. The smallest absolute Gasteiger partial charge is 0.0861 e. The van der Waals surface area contributed by atoms with Gasteiger partial charge < -0.3 is 10.2 Å². The Morgan fingerprint density at radius 3 is 2.93 bits per heavy atom. The summed E-state index contributed by atoms with van der Waals surface area (Å²) in [5.41, 5.74) is 2.19. The third-order valence-corrected chi connectivity index (χ3v) is 3.18. The molecule has 1 heterocycles. The number of nitrogens with zero attached hydrogens (tertiary/aromatic N) is 2. The molecule has 0 bridgehead atoms. The second-order valence-corrected chi connectivity index (χ2v) is 4.47. The Kier molecular flexibility index (Phi) is 5.14. The first-order chi connectivity index (χ1) is 7.17. The molecule has 0 aromatic carbocycles. The number of aryl methyl sites for hydroxylation is 2. The van der Waals surface area contributed by atoms with E-state index in [4.69, 9.17) is 5.11 Å². The molecule has 86 valence electrons. The predicted octanol–water partition coefficient (Wildman–Crippen LogP) is 0.798. The zero-order valence-electron chi connectivity index (χ0n) is 9.18. The number of hydrogen-bond acceptors (Lipinski definition) is 4. The molecule has 4 nitrogen and oxygen atoms in total. The Bertz CT molecular complexity index is 302. The molecular formula is C10H18N2O2S. The molecule has 1 rings (SSSR count). The number of rotatable bonds is 6. The molecule has 0 aliphatic rings. The van der Waals surface area contributed by atoms with Crippen molar-refractivity contribution in [1.82, 2.24) is 9.78 Å². The number of thioether (sulfide) groups is 1. The second kappa shape index (κ2) is 6.15. The summed E-state index contributed by atoms with van der Waals surface area (Å²) in [6.45, 7) is 4.73. The fourth-order valence-electron chi connectivity index (χ4n) is 1.34. The Morgan fingerprint density at radius 1 is 1.60 bits per heavy atom. The van der Waals surface area contributed by atoms with Crippen molar-refractivity contribution in [2.24, 2.45) is 0 Å². The van der Waals surface area contributed by atoms with Gasteiger partial charge in [0.25, 0.3) is 0 Å². The Morgan fingerprint density at radius 2 is 2.33 bits per heavy atom. The van der Waals surface area contributed by atoms with Gasteiger partial charge in [-0.3, -0.25) is 4.68 Å². The molecule has 15 heavy (non-hydrogen) atoms. The summed E-state index contributed by atoms with van der Waals surface area (Å²) in [4.78, 5) is 0. The van der Waals surface area contributed by atoms with E-state index in [0.717, 1.165) is 18.0 Å². The number of hydrogen-bond donors (Lipinski definition) is 2. The van der Waals surface area contributed by atoms with Crippen molar-refractivity contribution in [3.8, 4) is 0 Å². The summed E-state index contributed by atoms with van der Waals surface area (Å²) in [6.07, 6.45) is -0.617. The van der Waals surface area contributed by atoms with Crippen LogP contribution in [0, 0.1) is 6.92 Å². The molecule has 0 amide bonds. The van der Waals surface area contributed by atoms with Crippen molar-refractivity contribution in [2.75, 3.05) is 12.4 Å². The minimum Gasteiger partial charge on any atom is -0.394 e. The van der Waals surface area contributed by atoms with Crippen LogP contribution in [0.1, 0.15) is 18.3 Å². The molecule has 1 aromatic rings. The molecule has 1 aromatic heterocycles. The number of aliphatic hydroxyl groups is 2. The minimum atomic E-state index is -0.617. The number of aliphatic hydroxyl groups excluding tert-OH is 2. The van der Waals surface area contributed by atoms with Crippen LogP contribution in [0.25, 0.3) is 0 Å². The fourth-order valence-corrected chi connectivity index (χ4v) is 2.28. The monoisotopic (exact) mass is 230 g/mol. The lowest BCUT2D eigenvalue weighted by Crippen LogP contribution is -2.15. The van der Waals surface area contributed by atoms with Gasteiger partial charge in [0.15, 0.2) is 0 Å². The quantitative estimate of drug-likeness (QED) is 0.759. The van der Waals surface area contributed by atoms with E-state index in [0.29, 0.717) is 5.75 Å². The molecule has 0 radical (unpaired) electrons. The van der Waals surface area contributed by atoms with Crippen LogP contribution in [0.2, 0.25) is 0 Å². The highest BCUT2D eigenvalue weighted by atomic mass is 32.2. The summed E-state index contributed by atoms with van der Waals surface area (Å²) < 4.78 is 1.97. The highest BCUT2D eigenvalue weighted by molar-refractivity contribution is 7.98. The van der Waals surface area contributed by atoms with Crippen LogP contribution < -0.4 is 0 Å². The largest absolute Gasteiger partial charge is 0.394 e. The van der Waals surface area contributed by atoms with E-state index in [1.165, 1.54) is 5.69 Å². The van der Waals surface area contributed by atoms with Crippen molar-refractivity contribution in [3.63, 3.8) is 0 Å². The third-order valence-electron chi connectivity index (χ3n) is 2.06. The van der Waals surface area contributed by atoms with Gasteiger partial charge in [0.1, 0.15) is 0 Å². The van der Waals surface area contributed by atoms with E-state index in [9.17, 15) is 5.11 Å². The van der Waals surface area contributed by atoms with Crippen molar-refractivity contribution < 1.29 is 10.2 Å². The molecule has 5 heteroatoms. The normalized spacial score (nSPS) is 13.1. The van der Waals surface area contributed by atoms with Crippen molar-refractivity contribution in [2.45, 2.75) is 32.2 Å². The van der Waals surface area contributed by atoms with Gasteiger partial charge in [-0.15, -0.1) is 0 Å². The number of aromatic nitrogens is 2. The van der Waals surface area contributed by atoms with Crippen LogP contribution in [0.4, 0.5) is 0 Å². The Labute approximate surface area is 94.3 Å². The Hall–Kier alpha value is -0.520. The van der Waals surface area contributed by atoms with E-state index in [-0.39, 0.29) is 6.61 Å². The third kappa shape index (κ3) is 3.85. The highest BCUT2D eigenvalue weighted by Crippen LogP contribution is 2.14. The minimum absolute atomic E-state index is 0.168. The van der Waals surface area contributed by atoms with E-state index in [1.807, 2.05) is 11.6 Å². The molecular weight excluding hydrogens is 212 g/mol. The highest BCUT2D eigenvalue weighted by Gasteiger charge is 2.06. The van der Waals surface area contributed by atoms with E-state index >= 15 is 0 Å². The lowest BCUT2D eigenvalue weighted by Gasteiger charge is -2.07. The first-order valence-electron chi connectivity index (χ1n) is 5.07. The zero-order valence-corrected chi connectivity index (χ0v) is 10.00. The van der Waals surface area contributed by atoms with E-state index < -0.39 is 6.10 Å². The summed E-state index contributed by atoms with van der Waals surface area (Å²) in [6, 6.07) is 2.06. The average molecular weight is 230 g/mol. The molecule has 1 atom stereocenters. The molecule has 0 aliphatic heterocycles. The molecule has 0 fully saturated rings. The van der Waals surface area contributed by atoms with Crippen LogP contribution in [0.3, 0.4) is 0 Å².